The zero-order valence-electron chi connectivity index (χ0n) is 11.5. The first-order chi connectivity index (χ1) is 9.04. The Morgan fingerprint density at radius 1 is 1.47 bits per heavy atom. The van der Waals surface area contributed by atoms with Crippen LogP contribution in [0.5, 0.6) is 5.75 Å². The summed E-state index contributed by atoms with van der Waals surface area (Å²) in [6.45, 7) is 2.06. The number of hydrogen-bond donors (Lipinski definition) is 1. The lowest BCUT2D eigenvalue weighted by Crippen LogP contribution is -2.00. The van der Waals surface area contributed by atoms with E-state index in [0.29, 0.717) is 6.42 Å². The van der Waals surface area contributed by atoms with Crippen molar-refractivity contribution in [1.29, 1.82) is 0 Å². The Labute approximate surface area is 112 Å². The fourth-order valence-electron chi connectivity index (χ4n) is 2.49. The number of nitrogens with zero attached hydrogens (tertiary/aromatic N) is 1. The molecule has 1 N–H and O–H groups in total. The van der Waals surface area contributed by atoms with Gasteiger partial charge in [0.25, 0.3) is 0 Å². The summed E-state index contributed by atoms with van der Waals surface area (Å²) >= 11 is 0. The molecular formula is C15H19NO3. The first-order valence-electron chi connectivity index (χ1n) is 6.38. The Bertz CT molecular complexity index is 601. The molecule has 0 fully saturated rings. The number of carboxylic acid groups (broad SMARTS) is 1. The molecule has 2 rings (SSSR count). The molecule has 0 spiro atoms. The van der Waals surface area contributed by atoms with Crippen LogP contribution in [0.3, 0.4) is 0 Å². The fourth-order valence-corrected chi connectivity index (χ4v) is 2.49. The maximum atomic E-state index is 10.7. The normalized spacial score (nSPS) is 12.6. The van der Waals surface area contributed by atoms with Gasteiger partial charge in [0, 0.05) is 25.1 Å². The molecular weight excluding hydrogens is 242 g/mol. The van der Waals surface area contributed by atoms with Gasteiger partial charge in [0.15, 0.2) is 0 Å². The predicted molar refractivity (Wildman–Crippen MR) is 74.8 cm³/mol. The molecule has 0 saturated carbocycles. The van der Waals surface area contributed by atoms with E-state index in [-0.39, 0.29) is 12.3 Å². The van der Waals surface area contributed by atoms with Crippen LogP contribution in [-0.4, -0.2) is 22.8 Å². The highest BCUT2D eigenvalue weighted by Gasteiger charge is 2.17. The molecule has 4 heteroatoms. The van der Waals surface area contributed by atoms with E-state index in [1.165, 1.54) is 0 Å². The van der Waals surface area contributed by atoms with Crippen LogP contribution >= 0.6 is 0 Å². The molecule has 0 radical (unpaired) electrons. The Kier molecular flexibility index (Phi) is 3.79. The molecule has 4 nitrogen and oxygen atoms in total. The molecule has 0 aliphatic carbocycles. The lowest BCUT2D eigenvalue weighted by Gasteiger charge is -2.10. The third kappa shape index (κ3) is 2.57. The van der Waals surface area contributed by atoms with Gasteiger partial charge in [-0.3, -0.25) is 4.79 Å². The van der Waals surface area contributed by atoms with Gasteiger partial charge in [-0.25, -0.2) is 0 Å². The number of benzene rings is 1. The summed E-state index contributed by atoms with van der Waals surface area (Å²) in [5.74, 6) is 0.283. The number of fused-ring (bicyclic) bond motifs is 1. The Balaban J connectivity index is 2.45. The van der Waals surface area contributed by atoms with Crippen LogP contribution in [0.15, 0.2) is 24.4 Å². The minimum atomic E-state index is -0.751. The lowest BCUT2D eigenvalue weighted by molar-refractivity contribution is -0.137. The minimum Gasteiger partial charge on any atom is -0.496 e. The Hall–Kier alpha value is -1.97. The molecule has 1 aromatic carbocycles. The number of hydrogen-bond acceptors (Lipinski definition) is 2. The summed E-state index contributed by atoms with van der Waals surface area (Å²) in [6.07, 6.45) is 2.89. The van der Waals surface area contributed by atoms with E-state index in [2.05, 4.69) is 17.7 Å². The van der Waals surface area contributed by atoms with E-state index in [1.807, 2.05) is 25.2 Å². The highest BCUT2D eigenvalue weighted by Crippen LogP contribution is 2.35. The molecule has 1 atom stereocenters. The Morgan fingerprint density at radius 3 is 2.84 bits per heavy atom. The van der Waals surface area contributed by atoms with Crippen molar-refractivity contribution >= 4 is 16.9 Å². The maximum Gasteiger partial charge on any atom is 0.303 e. The van der Waals surface area contributed by atoms with Gasteiger partial charge in [-0.2, -0.15) is 0 Å². The summed E-state index contributed by atoms with van der Waals surface area (Å²) < 4.78 is 7.49. The third-order valence-electron chi connectivity index (χ3n) is 3.55. The van der Waals surface area contributed by atoms with Gasteiger partial charge in [-0.05, 0) is 30.0 Å². The van der Waals surface area contributed by atoms with E-state index < -0.39 is 5.97 Å². The monoisotopic (exact) mass is 261 g/mol. The van der Waals surface area contributed by atoms with Crippen molar-refractivity contribution in [2.45, 2.75) is 25.7 Å². The van der Waals surface area contributed by atoms with E-state index in [0.717, 1.165) is 22.2 Å². The molecule has 19 heavy (non-hydrogen) atoms. The van der Waals surface area contributed by atoms with Gasteiger partial charge in [0.1, 0.15) is 5.75 Å². The van der Waals surface area contributed by atoms with Crippen LogP contribution in [0.1, 0.15) is 31.2 Å². The number of carbonyl (C=O) groups is 1. The number of aryl methyl sites for hydroxylation is 1. The van der Waals surface area contributed by atoms with Crippen molar-refractivity contribution in [2.24, 2.45) is 7.05 Å². The average molecular weight is 261 g/mol. The van der Waals surface area contributed by atoms with Gasteiger partial charge in [-0.1, -0.05) is 13.0 Å². The second kappa shape index (κ2) is 5.34. The van der Waals surface area contributed by atoms with Crippen LogP contribution < -0.4 is 4.74 Å². The summed E-state index contributed by atoms with van der Waals surface area (Å²) in [6, 6.07) is 5.95. The molecule has 0 aliphatic rings. The van der Waals surface area contributed by atoms with Crippen LogP contribution in [-0.2, 0) is 11.8 Å². The number of aromatic nitrogens is 1. The number of rotatable bonds is 5. The van der Waals surface area contributed by atoms with E-state index in [9.17, 15) is 4.79 Å². The maximum absolute atomic E-state index is 10.7. The van der Waals surface area contributed by atoms with Crippen LogP contribution in [0.25, 0.3) is 10.9 Å². The largest absolute Gasteiger partial charge is 0.496 e. The minimum absolute atomic E-state index is 0.187. The van der Waals surface area contributed by atoms with Crippen molar-refractivity contribution in [3.63, 3.8) is 0 Å². The second-order valence-corrected chi connectivity index (χ2v) is 4.88. The van der Waals surface area contributed by atoms with Gasteiger partial charge in [0.2, 0.25) is 0 Å². The summed E-state index contributed by atoms with van der Waals surface area (Å²) in [5, 5.41) is 9.89. The van der Waals surface area contributed by atoms with Crippen molar-refractivity contribution in [1.82, 2.24) is 4.57 Å². The average Bonchev–Trinajstić information content (AvgIpc) is 2.74. The number of aliphatic carboxylic acids is 1. The summed E-state index contributed by atoms with van der Waals surface area (Å²) in [4.78, 5) is 10.7. The number of methoxy groups -OCH3 is 1. The SMILES string of the molecule is COc1cccc2c1c(C(C)CCC(=O)O)cn2C. The van der Waals surface area contributed by atoms with Crippen molar-refractivity contribution in [2.75, 3.05) is 7.11 Å². The fraction of sp³-hybridized carbons (Fsp3) is 0.400. The molecule has 0 saturated heterocycles. The first-order valence-corrected chi connectivity index (χ1v) is 6.38. The molecule has 2 aromatic rings. The van der Waals surface area contributed by atoms with E-state index >= 15 is 0 Å². The van der Waals surface area contributed by atoms with E-state index in [4.69, 9.17) is 9.84 Å². The van der Waals surface area contributed by atoms with Crippen LogP contribution in [0, 0.1) is 0 Å². The molecule has 102 valence electrons. The molecule has 1 heterocycles. The van der Waals surface area contributed by atoms with Crippen LogP contribution in [0.4, 0.5) is 0 Å². The van der Waals surface area contributed by atoms with Gasteiger partial charge < -0.3 is 14.4 Å². The molecule has 0 bridgehead atoms. The third-order valence-corrected chi connectivity index (χ3v) is 3.55. The quantitative estimate of drug-likeness (QED) is 0.899. The molecule has 1 unspecified atom stereocenters. The molecule has 0 amide bonds. The zero-order chi connectivity index (χ0) is 14.0. The number of carboxylic acids is 1. The highest BCUT2D eigenvalue weighted by atomic mass is 16.5. The lowest BCUT2D eigenvalue weighted by atomic mass is 9.95. The van der Waals surface area contributed by atoms with Crippen molar-refractivity contribution < 1.29 is 14.6 Å². The smallest absolute Gasteiger partial charge is 0.303 e. The second-order valence-electron chi connectivity index (χ2n) is 4.88. The number of ether oxygens (including phenoxy) is 1. The zero-order valence-corrected chi connectivity index (χ0v) is 11.5. The van der Waals surface area contributed by atoms with Crippen molar-refractivity contribution in [3.8, 4) is 5.75 Å². The molecule has 0 aliphatic heterocycles. The van der Waals surface area contributed by atoms with Gasteiger partial charge in [-0.15, -0.1) is 0 Å². The predicted octanol–water partition coefficient (Wildman–Crippen LogP) is 3.16. The van der Waals surface area contributed by atoms with Crippen LogP contribution in [0.2, 0.25) is 0 Å². The van der Waals surface area contributed by atoms with Gasteiger partial charge in [0.05, 0.1) is 12.6 Å². The summed E-state index contributed by atoms with van der Waals surface area (Å²) in [7, 11) is 3.66. The Morgan fingerprint density at radius 2 is 2.21 bits per heavy atom. The van der Waals surface area contributed by atoms with E-state index in [1.54, 1.807) is 7.11 Å². The highest BCUT2D eigenvalue weighted by molar-refractivity contribution is 5.90. The van der Waals surface area contributed by atoms with Crippen molar-refractivity contribution in [3.05, 3.63) is 30.0 Å². The molecule has 1 aromatic heterocycles. The standard InChI is InChI=1S/C15H19NO3/c1-10(7-8-14(17)18)11-9-16(2)12-5-4-6-13(19-3)15(11)12/h4-6,9-10H,7-8H2,1-3H3,(H,17,18). The topological polar surface area (TPSA) is 51.5 Å². The first kappa shape index (κ1) is 13.5. The summed E-state index contributed by atoms with van der Waals surface area (Å²) in [5.41, 5.74) is 2.26. The van der Waals surface area contributed by atoms with Gasteiger partial charge >= 0.3 is 5.97 Å².